The van der Waals surface area contributed by atoms with Crippen LogP contribution in [0.3, 0.4) is 0 Å². The van der Waals surface area contributed by atoms with Crippen molar-refractivity contribution in [2.75, 3.05) is 25.2 Å². The van der Waals surface area contributed by atoms with E-state index in [1.54, 1.807) is 13.2 Å². The molecular weight excluding hydrogens is 318 g/mol. The first-order chi connectivity index (χ1) is 12.2. The van der Waals surface area contributed by atoms with Crippen LogP contribution in [0.1, 0.15) is 34.5 Å². The van der Waals surface area contributed by atoms with Gasteiger partial charge in [-0.2, -0.15) is 5.10 Å². The molecule has 0 radical (unpaired) electrons. The Morgan fingerprint density at radius 1 is 1.24 bits per heavy atom. The number of anilines is 1. The van der Waals surface area contributed by atoms with Crippen molar-refractivity contribution in [3.05, 3.63) is 53.2 Å². The van der Waals surface area contributed by atoms with Crippen molar-refractivity contribution in [1.82, 2.24) is 10.2 Å². The number of benzene rings is 1. The Labute approximate surface area is 147 Å². The lowest BCUT2D eigenvalue weighted by Gasteiger charge is -2.25. The fraction of sp³-hybridized carbons (Fsp3) is 0.421. The number of carbonyl (C=O) groups is 1. The standard InChI is InChI=1S/C19H23N3O3/c1-14-9-10-18(21-20-14)22-11-5-7-16(22)13-25-19(23)17-8-4-3-6-15(17)12-24-2/h3-4,6,8-10,16H,5,7,11-13H2,1-2H3/t16-/m1/s1. The summed E-state index contributed by atoms with van der Waals surface area (Å²) in [6.45, 7) is 3.55. The number of aromatic nitrogens is 2. The van der Waals surface area contributed by atoms with Gasteiger partial charge in [0, 0.05) is 13.7 Å². The molecule has 1 fully saturated rings. The van der Waals surface area contributed by atoms with Gasteiger partial charge in [-0.05, 0) is 43.5 Å². The Balaban J connectivity index is 1.64. The molecule has 132 valence electrons. The number of hydrogen-bond donors (Lipinski definition) is 0. The maximum Gasteiger partial charge on any atom is 0.338 e. The largest absolute Gasteiger partial charge is 0.460 e. The van der Waals surface area contributed by atoms with Crippen molar-refractivity contribution in [3.63, 3.8) is 0 Å². The molecule has 0 saturated carbocycles. The van der Waals surface area contributed by atoms with Crippen molar-refractivity contribution in [2.24, 2.45) is 0 Å². The van der Waals surface area contributed by atoms with Gasteiger partial charge in [0.1, 0.15) is 6.61 Å². The minimum absolute atomic E-state index is 0.135. The molecule has 1 aromatic heterocycles. The average molecular weight is 341 g/mol. The summed E-state index contributed by atoms with van der Waals surface area (Å²) >= 11 is 0. The van der Waals surface area contributed by atoms with Crippen molar-refractivity contribution in [1.29, 1.82) is 0 Å². The molecule has 2 heterocycles. The van der Waals surface area contributed by atoms with Gasteiger partial charge in [0.15, 0.2) is 5.82 Å². The van der Waals surface area contributed by atoms with Crippen molar-refractivity contribution in [2.45, 2.75) is 32.4 Å². The Morgan fingerprint density at radius 3 is 2.84 bits per heavy atom. The molecule has 6 heteroatoms. The number of hydrogen-bond acceptors (Lipinski definition) is 6. The van der Waals surface area contributed by atoms with Gasteiger partial charge < -0.3 is 14.4 Å². The lowest BCUT2D eigenvalue weighted by atomic mass is 10.1. The number of ether oxygens (including phenoxy) is 2. The van der Waals surface area contributed by atoms with Crippen molar-refractivity contribution >= 4 is 11.8 Å². The van der Waals surface area contributed by atoms with Gasteiger partial charge in [0.05, 0.1) is 23.9 Å². The van der Waals surface area contributed by atoms with Crippen LogP contribution < -0.4 is 4.90 Å². The zero-order valence-electron chi connectivity index (χ0n) is 14.6. The molecule has 0 bridgehead atoms. The van der Waals surface area contributed by atoms with Gasteiger partial charge in [0.25, 0.3) is 0 Å². The van der Waals surface area contributed by atoms with Crippen LogP contribution in [0.15, 0.2) is 36.4 Å². The first-order valence-electron chi connectivity index (χ1n) is 8.50. The second-order valence-electron chi connectivity index (χ2n) is 6.21. The van der Waals surface area contributed by atoms with Crippen LogP contribution >= 0.6 is 0 Å². The number of nitrogens with zero attached hydrogens (tertiary/aromatic N) is 3. The van der Waals surface area contributed by atoms with E-state index in [1.807, 2.05) is 37.3 Å². The first kappa shape index (κ1) is 17.4. The summed E-state index contributed by atoms with van der Waals surface area (Å²) in [5.41, 5.74) is 2.28. The zero-order chi connectivity index (χ0) is 17.6. The molecule has 0 unspecified atom stereocenters. The Hall–Kier alpha value is -2.47. The molecule has 6 nitrogen and oxygen atoms in total. The minimum Gasteiger partial charge on any atom is -0.460 e. The molecule has 3 rings (SSSR count). The molecule has 1 atom stereocenters. The molecule has 2 aromatic rings. The summed E-state index contributed by atoms with van der Waals surface area (Å²) < 4.78 is 10.7. The monoisotopic (exact) mass is 341 g/mol. The van der Waals surface area contributed by atoms with E-state index in [0.29, 0.717) is 18.8 Å². The normalized spacial score (nSPS) is 16.9. The van der Waals surface area contributed by atoms with Gasteiger partial charge in [-0.15, -0.1) is 5.10 Å². The smallest absolute Gasteiger partial charge is 0.338 e. The topological polar surface area (TPSA) is 64.6 Å². The number of carbonyl (C=O) groups excluding carboxylic acids is 1. The summed E-state index contributed by atoms with van der Waals surface area (Å²) in [5.74, 6) is 0.526. The molecular formula is C19H23N3O3. The maximum absolute atomic E-state index is 12.5. The van der Waals surface area contributed by atoms with Crippen molar-refractivity contribution < 1.29 is 14.3 Å². The highest BCUT2D eigenvalue weighted by atomic mass is 16.5. The van der Waals surface area contributed by atoms with E-state index in [1.165, 1.54) is 0 Å². The van der Waals surface area contributed by atoms with E-state index >= 15 is 0 Å². The van der Waals surface area contributed by atoms with Crippen LogP contribution in [0.25, 0.3) is 0 Å². The van der Waals surface area contributed by atoms with Gasteiger partial charge >= 0.3 is 5.97 Å². The highest BCUT2D eigenvalue weighted by Gasteiger charge is 2.27. The third kappa shape index (κ3) is 4.14. The molecule has 0 spiro atoms. The first-order valence-corrected chi connectivity index (χ1v) is 8.50. The summed E-state index contributed by atoms with van der Waals surface area (Å²) in [6.07, 6.45) is 2.03. The Kier molecular flexibility index (Phi) is 5.60. The molecule has 0 N–H and O–H groups in total. The summed E-state index contributed by atoms with van der Waals surface area (Å²) in [6, 6.07) is 11.4. The van der Waals surface area contributed by atoms with Crippen molar-refractivity contribution in [3.8, 4) is 0 Å². The average Bonchev–Trinajstić information content (AvgIpc) is 3.09. The van der Waals surface area contributed by atoms with Crippen LogP contribution in [0.5, 0.6) is 0 Å². The second kappa shape index (κ2) is 8.07. The van der Waals surface area contributed by atoms with Gasteiger partial charge in [-0.1, -0.05) is 18.2 Å². The summed E-state index contributed by atoms with van der Waals surface area (Å²) in [7, 11) is 1.61. The van der Waals surface area contributed by atoms with E-state index in [-0.39, 0.29) is 12.0 Å². The van der Waals surface area contributed by atoms with Crippen LogP contribution in [-0.4, -0.2) is 42.5 Å². The fourth-order valence-corrected chi connectivity index (χ4v) is 3.11. The van der Waals surface area contributed by atoms with Crippen LogP contribution in [0.4, 0.5) is 5.82 Å². The lowest BCUT2D eigenvalue weighted by Crippen LogP contribution is -2.34. The third-order valence-electron chi connectivity index (χ3n) is 4.40. The Morgan fingerprint density at radius 2 is 2.08 bits per heavy atom. The van der Waals surface area contributed by atoms with Crippen LogP contribution in [-0.2, 0) is 16.1 Å². The molecule has 1 aromatic carbocycles. The summed E-state index contributed by atoms with van der Waals surface area (Å²) in [5, 5.41) is 8.37. The number of aryl methyl sites for hydroxylation is 1. The molecule has 25 heavy (non-hydrogen) atoms. The predicted molar refractivity (Wildman–Crippen MR) is 94.6 cm³/mol. The second-order valence-corrected chi connectivity index (χ2v) is 6.21. The Bertz CT molecular complexity index is 718. The molecule has 1 aliphatic rings. The molecule has 1 aliphatic heterocycles. The molecule has 1 saturated heterocycles. The van der Waals surface area contributed by atoms with Gasteiger partial charge in [-0.25, -0.2) is 4.79 Å². The highest BCUT2D eigenvalue weighted by Crippen LogP contribution is 2.24. The fourth-order valence-electron chi connectivity index (χ4n) is 3.11. The van der Waals surface area contributed by atoms with Crippen LogP contribution in [0, 0.1) is 6.92 Å². The van der Waals surface area contributed by atoms with Crippen LogP contribution in [0.2, 0.25) is 0 Å². The molecule has 0 aliphatic carbocycles. The quantitative estimate of drug-likeness (QED) is 0.753. The van der Waals surface area contributed by atoms with E-state index in [2.05, 4.69) is 15.1 Å². The highest BCUT2D eigenvalue weighted by molar-refractivity contribution is 5.91. The van der Waals surface area contributed by atoms with E-state index < -0.39 is 0 Å². The van der Waals surface area contributed by atoms with E-state index in [4.69, 9.17) is 9.47 Å². The predicted octanol–water partition coefficient (Wildman–Crippen LogP) is 2.76. The third-order valence-corrected chi connectivity index (χ3v) is 4.40. The maximum atomic E-state index is 12.5. The van der Waals surface area contributed by atoms with Gasteiger partial charge in [-0.3, -0.25) is 0 Å². The van der Waals surface area contributed by atoms with E-state index in [9.17, 15) is 4.79 Å². The minimum atomic E-state index is -0.311. The van der Waals surface area contributed by atoms with Gasteiger partial charge in [0.2, 0.25) is 0 Å². The lowest BCUT2D eigenvalue weighted by molar-refractivity contribution is 0.0478. The van der Waals surface area contributed by atoms with E-state index in [0.717, 1.165) is 36.5 Å². The summed E-state index contributed by atoms with van der Waals surface area (Å²) in [4.78, 5) is 14.6. The number of methoxy groups -OCH3 is 1. The molecule has 0 amide bonds. The number of esters is 1. The zero-order valence-corrected chi connectivity index (χ0v) is 14.6. The SMILES string of the molecule is COCc1ccccc1C(=O)OC[C@H]1CCCN1c1ccc(C)nn1. The number of rotatable bonds is 6.